The highest BCUT2D eigenvalue weighted by atomic mass is 19.1. The van der Waals surface area contributed by atoms with Gasteiger partial charge in [0.1, 0.15) is 17.2 Å². The quantitative estimate of drug-likeness (QED) is 0.456. The number of aromatic nitrogens is 3. The van der Waals surface area contributed by atoms with Gasteiger partial charge in [-0.3, -0.25) is 9.78 Å². The Hall–Kier alpha value is -3.85. The Morgan fingerprint density at radius 3 is 2.69 bits per heavy atom. The summed E-state index contributed by atoms with van der Waals surface area (Å²) >= 11 is 0. The molecule has 1 aliphatic rings. The zero-order valence-electron chi connectivity index (χ0n) is 17.0. The molecule has 5 N–H and O–H groups in total. The Balaban J connectivity index is 1.75. The number of carbonyl (C=O) groups is 1. The van der Waals surface area contributed by atoms with Crippen LogP contribution in [-0.2, 0) is 0 Å². The van der Waals surface area contributed by atoms with Crippen LogP contribution in [0.1, 0.15) is 16.8 Å². The van der Waals surface area contributed by atoms with Crippen molar-refractivity contribution in [2.45, 2.75) is 12.5 Å². The molecular formula is C23H20F2N6O. The molecule has 2 aromatic carbocycles. The van der Waals surface area contributed by atoms with Gasteiger partial charge >= 0.3 is 0 Å². The third-order valence-corrected chi connectivity index (χ3v) is 5.67. The van der Waals surface area contributed by atoms with Crippen molar-refractivity contribution in [2.24, 2.45) is 11.5 Å². The number of anilines is 1. The van der Waals surface area contributed by atoms with Gasteiger partial charge in [0.2, 0.25) is 5.91 Å². The fraction of sp³-hybridized carbons (Fsp3) is 0.174. The molecule has 162 valence electrons. The molecular weight excluding hydrogens is 414 g/mol. The number of hydrogen-bond acceptors (Lipinski definition) is 5. The van der Waals surface area contributed by atoms with Crippen molar-refractivity contribution in [3.63, 3.8) is 0 Å². The number of rotatable bonds is 4. The molecule has 4 aromatic rings. The number of nitrogens with one attached hydrogen (secondary N) is 1. The Labute approximate surface area is 182 Å². The second kappa shape index (κ2) is 7.69. The van der Waals surface area contributed by atoms with E-state index >= 15 is 0 Å². The number of benzene rings is 2. The van der Waals surface area contributed by atoms with Crippen molar-refractivity contribution in [1.29, 1.82) is 0 Å². The van der Waals surface area contributed by atoms with Gasteiger partial charge in [0.15, 0.2) is 5.82 Å². The van der Waals surface area contributed by atoms with Crippen LogP contribution < -0.4 is 16.4 Å². The molecule has 1 fully saturated rings. The van der Waals surface area contributed by atoms with E-state index in [4.69, 9.17) is 11.5 Å². The van der Waals surface area contributed by atoms with E-state index in [9.17, 15) is 13.6 Å². The summed E-state index contributed by atoms with van der Waals surface area (Å²) in [4.78, 5) is 25.7. The minimum atomic E-state index is -0.729. The summed E-state index contributed by atoms with van der Waals surface area (Å²) in [5.41, 5.74) is 14.8. The average molecular weight is 434 g/mol. The van der Waals surface area contributed by atoms with Crippen molar-refractivity contribution in [3.05, 3.63) is 66.0 Å². The number of nitrogens with two attached hydrogens (primary N) is 2. The number of hydrogen-bond donors (Lipinski definition) is 3. The molecule has 0 spiro atoms. The number of primary amides is 1. The van der Waals surface area contributed by atoms with Crippen LogP contribution in [0.15, 0.2) is 48.8 Å². The lowest BCUT2D eigenvalue weighted by atomic mass is 9.99. The fourth-order valence-electron chi connectivity index (χ4n) is 4.18. The first kappa shape index (κ1) is 20.1. The molecule has 1 atom stereocenters. The van der Waals surface area contributed by atoms with Crippen LogP contribution in [0, 0.1) is 11.6 Å². The van der Waals surface area contributed by atoms with Crippen LogP contribution in [0.3, 0.4) is 0 Å². The van der Waals surface area contributed by atoms with Crippen molar-refractivity contribution in [2.75, 3.05) is 18.0 Å². The number of fused-ring (bicyclic) bond motifs is 1. The highest BCUT2D eigenvalue weighted by Crippen LogP contribution is 2.40. The van der Waals surface area contributed by atoms with Crippen molar-refractivity contribution in [3.8, 4) is 22.5 Å². The molecule has 0 unspecified atom stereocenters. The summed E-state index contributed by atoms with van der Waals surface area (Å²) in [5, 5.41) is 0. The third-order valence-electron chi connectivity index (χ3n) is 5.67. The van der Waals surface area contributed by atoms with Crippen molar-refractivity contribution >= 4 is 22.6 Å². The maximum atomic E-state index is 14.3. The molecule has 0 saturated carbocycles. The molecule has 5 rings (SSSR count). The Morgan fingerprint density at radius 2 is 1.97 bits per heavy atom. The first-order valence-electron chi connectivity index (χ1n) is 10.1. The number of halogens is 2. The summed E-state index contributed by atoms with van der Waals surface area (Å²) < 4.78 is 28.6. The largest absolute Gasteiger partial charge is 0.369 e. The molecule has 9 heteroatoms. The first-order chi connectivity index (χ1) is 15.4. The van der Waals surface area contributed by atoms with E-state index < -0.39 is 17.5 Å². The van der Waals surface area contributed by atoms with E-state index in [0.29, 0.717) is 41.1 Å². The Kier molecular flexibility index (Phi) is 4.82. The van der Waals surface area contributed by atoms with Gasteiger partial charge in [0.05, 0.1) is 16.8 Å². The first-order valence-corrected chi connectivity index (χ1v) is 10.1. The molecule has 1 aliphatic heterocycles. The predicted molar refractivity (Wildman–Crippen MR) is 118 cm³/mol. The van der Waals surface area contributed by atoms with Crippen LogP contribution in [-0.4, -0.2) is 40.0 Å². The second-order valence-electron chi connectivity index (χ2n) is 7.89. The van der Waals surface area contributed by atoms with Crippen molar-refractivity contribution in [1.82, 2.24) is 15.0 Å². The van der Waals surface area contributed by atoms with Gasteiger partial charge in [-0.2, -0.15) is 0 Å². The van der Waals surface area contributed by atoms with Gasteiger partial charge in [-0.25, -0.2) is 13.8 Å². The fourth-order valence-corrected chi connectivity index (χ4v) is 4.18. The van der Waals surface area contributed by atoms with Gasteiger partial charge in [-0.05, 0) is 42.3 Å². The zero-order valence-corrected chi connectivity index (χ0v) is 17.0. The van der Waals surface area contributed by atoms with Crippen LogP contribution in [0.4, 0.5) is 14.5 Å². The van der Waals surface area contributed by atoms with Crippen LogP contribution in [0.5, 0.6) is 0 Å². The second-order valence-corrected chi connectivity index (χ2v) is 7.89. The number of carbonyl (C=O) groups excluding carboxylic acids is 1. The van der Waals surface area contributed by atoms with Crippen molar-refractivity contribution < 1.29 is 13.6 Å². The lowest BCUT2D eigenvalue weighted by Crippen LogP contribution is -2.27. The monoisotopic (exact) mass is 434 g/mol. The van der Waals surface area contributed by atoms with Crippen LogP contribution in [0.25, 0.3) is 33.5 Å². The summed E-state index contributed by atoms with van der Waals surface area (Å²) in [6, 6.07) is 8.62. The number of pyridine rings is 1. The average Bonchev–Trinajstić information content (AvgIpc) is 3.40. The number of amides is 1. The van der Waals surface area contributed by atoms with E-state index in [0.717, 1.165) is 18.2 Å². The minimum absolute atomic E-state index is 0.0225. The summed E-state index contributed by atoms with van der Waals surface area (Å²) in [6.45, 7) is 1.26. The van der Waals surface area contributed by atoms with Gasteiger partial charge < -0.3 is 21.4 Å². The zero-order chi connectivity index (χ0) is 22.4. The number of H-pyrrole nitrogens is 1. The number of nitrogens with zero attached hydrogens (tertiary/aromatic N) is 3. The number of imidazole rings is 1. The standard InChI is InChI=1S/C23H20F2N6O/c24-14-7-12(6-13(8-14)22(27)32)16-9-28-10-17(21(16)31-5-4-15(26)11-31)23-29-19-3-1-2-18(25)20(19)30-23/h1-3,6-10,15H,4-5,11,26H2,(H2,27,32)(H,29,30)/t15-/m0/s1. The molecule has 0 bridgehead atoms. The van der Waals surface area contributed by atoms with Crippen LogP contribution >= 0.6 is 0 Å². The molecule has 3 heterocycles. The van der Waals surface area contributed by atoms with E-state index in [1.807, 2.05) is 0 Å². The van der Waals surface area contributed by atoms with Gasteiger partial charge in [0.25, 0.3) is 0 Å². The molecule has 7 nitrogen and oxygen atoms in total. The SMILES string of the molecule is NC(=O)c1cc(F)cc(-c2cncc(-c3nc4c(F)cccc4[nH]3)c2N2CC[C@H](N)C2)c1. The Morgan fingerprint density at radius 1 is 1.16 bits per heavy atom. The highest BCUT2D eigenvalue weighted by molar-refractivity contribution is 5.96. The normalized spacial score (nSPS) is 16.1. The topological polar surface area (TPSA) is 114 Å². The summed E-state index contributed by atoms with van der Waals surface area (Å²) in [6.07, 6.45) is 4.02. The number of para-hydroxylation sites is 1. The van der Waals surface area contributed by atoms with Gasteiger partial charge in [0, 0.05) is 42.7 Å². The predicted octanol–water partition coefficient (Wildman–Crippen LogP) is 3.21. The number of aromatic amines is 1. The lowest BCUT2D eigenvalue weighted by Gasteiger charge is -2.24. The van der Waals surface area contributed by atoms with E-state index in [1.165, 1.54) is 18.2 Å². The third kappa shape index (κ3) is 3.46. The summed E-state index contributed by atoms with van der Waals surface area (Å²) in [7, 11) is 0. The van der Waals surface area contributed by atoms with Crippen LogP contribution in [0.2, 0.25) is 0 Å². The lowest BCUT2D eigenvalue weighted by molar-refractivity contribution is 0.1000. The molecule has 0 radical (unpaired) electrons. The molecule has 32 heavy (non-hydrogen) atoms. The summed E-state index contributed by atoms with van der Waals surface area (Å²) in [5.74, 6) is -1.32. The molecule has 1 amide bonds. The molecule has 1 saturated heterocycles. The van der Waals surface area contributed by atoms with Gasteiger partial charge in [-0.1, -0.05) is 6.07 Å². The maximum absolute atomic E-state index is 14.3. The molecule has 0 aliphatic carbocycles. The smallest absolute Gasteiger partial charge is 0.248 e. The minimum Gasteiger partial charge on any atom is -0.369 e. The van der Waals surface area contributed by atoms with E-state index in [1.54, 1.807) is 24.5 Å². The maximum Gasteiger partial charge on any atom is 0.248 e. The Bertz CT molecular complexity index is 1350. The van der Waals surface area contributed by atoms with E-state index in [2.05, 4.69) is 19.9 Å². The highest BCUT2D eigenvalue weighted by Gasteiger charge is 2.27. The van der Waals surface area contributed by atoms with E-state index in [-0.39, 0.29) is 17.1 Å². The molecule has 2 aromatic heterocycles. The van der Waals surface area contributed by atoms with Gasteiger partial charge in [-0.15, -0.1) is 0 Å².